The van der Waals surface area contributed by atoms with E-state index in [-0.39, 0.29) is 11.7 Å². The normalized spacial score (nSPS) is 16.8. The molecule has 3 nitrogen and oxygen atoms in total. The summed E-state index contributed by atoms with van der Waals surface area (Å²) in [4.78, 5) is 16.6. The minimum absolute atomic E-state index is 0.175. The molecule has 98 valence electrons. The van der Waals surface area contributed by atoms with Crippen molar-refractivity contribution in [2.24, 2.45) is 0 Å². The number of nitrogens with zero attached hydrogens (tertiary/aromatic N) is 1. The molecule has 1 aromatic carbocycles. The third kappa shape index (κ3) is 3.10. The number of hydrogen-bond acceptors (Lipinski definition) is 3. The van der Waals surface area contributed by atoms with Crippen LogP contribution in [0.4, 0.5) is 13.2 Å². The minimum Gasteiger partial charge on any atom is -0.366 e. The number of hydrogen-bond donors (Lipinski definition) is 0. The Morgan fingerprint density at radius 3 is 2.44 bits per heavy atom. The number of halogens is 3. The Morgan fingerprint density at radius 2 is 1.89 bits per heavy atom. The van der Waals surface area contributed by atoms with Gasteiger partial charge < -0.3 is 4.84 Å². The van der Waals surface area contributed by atoms with Gasteiger partial charge in [-0.3, -0.25) is 4.79 Å². The molecule has 0 atom stereocenters. The Labute approximate surface area is 106 Å². The smallest absolute Gasteiger partial charge is 0.366 e. The topological polar surface area (TPSA) is 29.5 Å². The van der Waals surface area contributed by atoms with Crippen molar-refractivity contribution in [3.63, 3.8) is 0 Å². The fourth-order valence-corrected chi connectivity index (χ4v) is 2.23. The van der Waals surface area contributed by atoms with Crippen LogP contribution in [0.3, 0.4) is 0 Å². The van der Waals surface area contributed by atoms with Crippen LogP contribution in [0.15, 0.2) is 24.3 Å². The van der Waals surface area contributed by atoms with Crippen LogP contribution in [-0.2, 0) is 11.0 Å². The van der Waals surface area contributed by atoms with Crippen LogP contribution < -0.4 is 4.84 Å². The van der Waals surface area contributed by atoms with Crippen LogP contribution in [0.1, 0.15) is 18.4 Å². The van der Waals surface area contributed by atoms with Crippen LogP contribution in [0.25, 0.3) is 0 Å². The van der Waals surface area contributed by atoms with E-state index in [1.807, 2.05) is 0 Å². The molecule has 1 heterocycles. The number of hydroxylamine groups is 1. The average molecular weight is 277 g/mol. The monoisotopic (exact) mass is 277 g/mol. The highest BCUT2D eigenvalue weighted by molar-refractivity contribution is 7.97. The molecule has 0 N–H and O–H groups in total. The summed E-state index contributed by atoms with van der Waals surface area (Å²) in [6.45, 7) is 0. The minimum atomic E-state index is -4.37. The maximum absolute atomic E-state index is 12.3. The molecule has 0 unspecified atom stereocenters. The first-order valence-corrected chi connectivity index (χ1v) is 6.22. The molecule has 0 aliphatic carbocycles. The van der Waals surface area contributed by atoms with E-state index in [1.165, 1.54) is 24.1 Å². The quantitative estimate of drug-likeness (QED) is 0.777. The van der Waals surface area contributed by atoms with Gasteiger partial charge in [-0.1, -0.05) is 0 Å². The highest BCUT2D eigenvalue weighted by Gasteiger charge is 2.30. The van der Waals surface area contributed by atoms with Crippen molar-refractivity contribution in [3.8, 4) is 5.75 Å². The number of alkyl halides is 3. The molecule has 0 aromatic heterocycles. The van der Waals surface area contributed by atoms with E-state index in [0.29, 0.717) is 6.42 Å². The van der Waals surface area contributed by atoms with E-state index in [2.05, 4.69) is 0 Å². The summed E-state index contributed by atoms with van der Waals surface area (Å²) < 4.78 is 38.1. The third-order valence-electron chi connectivity index (χ3n) is 2.32. The molecule has 1 amide bonds. The van der Waals surface area contributed by atoms with E-state index < -0.39 is 11.7 Å². The Morgan fingerprint density at radius 1 is 1.22 bits per heavy atom. The van der Waals surface area contributed by atoms with Gasteiger partial charge in [-0.25, -0.2) is 0 Å². The van der Waals surface area contributed by atoms with Gasteiger partial charge in [0.25, 0.3) is 5.91 Å². The van der Waals surface area contributed by atoms with E-state index in [1.54, 1.807) is 0 Å². The first-order valence-electron chi connectivity index (χ1n) is 5.28. The van der Waals surface area contributed by atoms with Gasteiger partial charge in [0.1, 0.15) is 0 Å². The van der Waals surface area contributed by atoms with Crippen molar-refractivity contribution in [1.82, 2.24) is 4.47 Å². The van der Waals surface area contributed by atoms with Crippen LogP contribution in [0, 0.1) is 0 Å². The fourth-order valence-electron chi connectivity index (χ4n) is 1.41. The van der Waals surface area contributed by atoms with E-state index in [9.17, 15) is 18.0 Å². The molecule has 1 saturated heterocycles. The molecule has 18 heavy (non-hydrogen) atoms. The molecule has 0 radical (unpaired) electrons. The molecule has 1 fully saturated rings. The number of amides is 1. The molecule has 1 aliphatic heterocycles. The largest absolute Gasteiger partial charge is 0.416 e. The molecule has 1 aromatic rings. The zero-order valence-electron chi connectivity index (χ0n) is 9.24. The summed E-state index contributed by atoms with van der Waals surface area (Å²) in [5, 5.41) is 0. The molecule has 0 bridgehead atoms. The standard InChI is InChI=1S/C11H10F3NO2S/c12-11(13,14)8-3-5-9(6-4-8)17-15-10(16)2-1-7-18-15/h3-6H,1-2,7H2. The Balaban J connectivity index is 2.04. The number of rotatable bonds is 2. The van der Waals surface area contributed by atoms with Gasteiger partial charge in [0.2, 0.25) is 0 Å². The lowest BCUT2D eigenvalue weighted by Crippen LogP contribution is -2.31. The van der Waals surface area contributed by atoms with Gasteiger partial charge >= 0.3 is 6.18 Å². The molecule has 0 spiro atoms. The van der Waals surface area contributed by atoms with Gasteiger partial charge in [0, 0.05) is 12.2 Å². The Kier molecular flexibility index (Phi) is 3.70. The second-order valence-electron chi connectivity index (χ2n) is 3.70. The number of carbonyl (C=O) groups is 1. The summed E-state index contributed by atoms with van der Waals surface area (Å²) in [5.74, 6) is 0.795. The van der Waals surface area contributed by atoms with Crippen molar-refractivity contribution in [3.05, 3.63) is 29.8 Å². The predicted molar refractivity (Wildman–Crippen MR) is 60.6 cm³/mol. The van der Waals surface area contributed by atoms with Crippen molar-refractivity contribution >= 4 is 17.9 Å². The second-order valence-corrected chi connectivity index (χ2v) is 4.70. The number of carbonyl (C=O) groups excluding carboxylic acids is 1. The summed E-state index contributed by atoms with van der Waals surface area (Å²) in [6.07, 6.45) is -3.18. The van der Waals surface area contributed by atoms with Gasteiger partial charge in [0.05, 0.1) is 5.56 Å². The lowest BCUT2D eigenvalue weighted by Gasteiger charge is -2.24. The summed E-state index contributed by atoms with van der Waals surface area (Å²) in [5.41, 5.74) is -0.743. The third-order valence-corrected chi connectivity index (χ3v) is 3.30. The maximum atomic E-state index is 12.3. The average Bonchev–Trinajstić information content (AvgIpc) is 2.32. The maximum Gasteiger partial charge on any atom is 0.416 e. The first kappa shape index (κ1) is 13.1. The van der Waals surface area contributed by atoms with Crippen LogP contribution in [0.2, 0.25) is 0 Å². The molecular formula is C11H10F3NO2S. The number of benzene rings is 1. The summed E-state index contributed by atoms with van der Waals surface area (Å²) >= 11 is 1.22. The molecule has 2 rings (SSSR count). The first-order chi connectivity index (χ1) is 8.47. The van der Waals surface area contributed by atoms with E-state index in [0.717, 1.165) is 28.8 Å². The second kappa shape index (κ2) is 5.09. The zero-order chi connectivity index (χ0) is 13.2. The van der Waals surface area contributed by atoms with Crippen molar-refractivity contribution in [2.75, 3.05) is 5.75 Å². The summed E-state index contributed by atoms with van der Waals surface area (Å²) in [7, 11) is 0. The highest BCUT2D eigenvalue weighted by Crippen LogP contribution is 2.31. The Bertz CT molecular complexity index is 433. The van der Waals surface area contributed by atoms with Gasteiger partial charge in [-0.15, -0.1) is 4.47 Å². The Hall–Kier alpha value is -1.37. The van der Waals surface area contributed by atoms with Gasteiger partial charge in [0.15, 0.2) is 5.75 Å². The van der Waals surface area contributed by atoms with Crippen molar-refractivity contribution in [2.45, 2.75) is 19.0 Å². The molecular weight excluding hydrogens is 267 g/mol. The van der Waals surface area contributed by atoms with E-state index in [4.69, 9.17) is 4.84 Å². The molecule has 1 aliphatic rings. The molecule has 7 heteroatoms. The van der Waals surface area contributed by atoms with E-state index >= 15 is 0 Å². The van der Waals surface area contributed by atoms with Crippen LogP contribution >= 0.6 is 11.9 Å². The van der Waals surface area contributed by atoms with Crippen LogP contribution in [-0.4, -0.2) is 16.1 Å². The van der Waals surface area contributed by atoms with Gasteiger partial charge in [-0.2, -0.15) is 13.2 Å². The van der Waals surface area contributed by atoms with Gasteiger partial charge in [-0.05, 0) is 42.6 Å². The summed E-state index contributed by atoms with van der Waals surface area (Å²) in [6, 6.07) is 4.25. The van der Waals surface area contributed by atoms with Crippen molar-refractivity contribution < 1.29 is 22.8 Å². The van der Waals surface area contributed by atoms with Crippen LogP contribution in [0.5, 0.6) is 5.75 Å². The predicted octanol–water partition coefficient (Wildman–Crippen LogP) is 3.27. The van der Waals surface area contributed by atoms with Crippen molar-refractivity contribution in [1.29, 1.82) is 0 Å². The SMILES string of the molecule is O=C1CCCSN1Oc1ccc(C(F)(F)F)cc1. The lowest BCUT2D eigenvalue weighted by molar-refractivity contribution is -0.141. The molecule has 0 saturated carbocycles. The highest BCUT2D eigenvalue weighted by atomic mass is 32.2. The fraction of sp³-hybridized carbons (Fsp3) is 0.364. The zero-order valence-corrected chi connectivity index (χ0v) is 10.1. The lowest BCUT2D eigenvalue weighted by atomic mass is 10.2.